The highest BCUT2D eigenvalue weighted by Crippen LogP contribution is 2.20. The average Bonchev–Trinajstić information content (AvgIpc) is 2.38. The van der Waals surface area contributed by atoms with Gasteiger partial charge in [0.25, 0.3) is 0 Å². The summed E-state index contributed by atoms with van der Waals surface area (Å²) in [6, 6.07) is 9.44. The standard InChI is InChI=1S/C13H16N4O/c1-18-7-6-16-12-8-10(13(14)15)9-4-2-3-5-11(9)17-12/h2-5,8H,6-7H2,1H3,(H3,14,15)(H,16,17). The summed E-state index contributed by atoms with van der Waals surface area (Å²) in [7, 11) is 1.65. The van der Waals surface area contributed by atoms with Crippen molar-refractivity contribution in [1.29, 1.82) is 5.41 Å². The summed E-state index contributed by atoms with van der Waals surface area (Å²) >= 11 is 0. The number of nitrogens with two attached hydrogens (primary N) is 1. The van der Waals surface area contributed by atoms with Gasteiger partial charge in [-0.1, -0.05) is 18.2 Å². The van der Waals surface area contributed by atoms with E-state index in [-0.39, 0.29) is 5.84 Å². The van der Waals surface area contributed by atoms with Crippen LogP contribution in [-0.2, 0) is 4.74 Å². The van der Waals surface area contributed by atoms with E-state index in [1.807, 2.05) is 24.3 Å². The molecule has 0 bridgehead atoms. The van der Waals surface area contributed by atoms with Gasteiger partial charge in [0.15, 0.2) is 0 Å². The molecular formula is C13H16N4O. The molecule has 1 heterocycles. The molecule has 94 valence electrons. The largest absolute Gasteiger partial charge is 0.384 e. The number of benzene rings is 1. The highest BCUT2D eigenvalue weighted by molar-refractivity contribution is 6.07. The van der Waals surface area contributed by atoms with Crippen molar-refractivity contribution in [3.8, 4) is 0 Å². The van der Waals surface area contributed by atoms with Crippen LogP contribution in [0.2, 0.25) is 0 Å². The van der Waals surface area contributed by atoms with Crippen LogP contribution in [0.3, 0.4) is 0 Å². The topological polar surface area (TPSA) is 84.0 Å². The molecule has 0 unspecified atom stereocenters. The molecule has 0 aliphatic heterocycles. The number of para-hydroxylation sites is 1. The molecule has 0 radical (unpaired) electrons. The van der Waals surface area contributed by atoms with Gasteiger partial charge in [0.2, 0.25) is 0 Å². The number of methoxy groups -OCH3 is 1. The number of pyridine rings is 1. The van der Waals surface area contributed by atoms with E-state index in [1.54, 1.807) is 13.2 Å². The van der Waals surface area contributed by atoms with Crippen molar-refractivity contribution in [2.75, 3.05) is 25.6 Å². The molecule has 0 saturated carbocycles. The minimum atomic E-state index is 0.0448. The molecule has 0 amide bonds. The van der Waals surface area contributed by atoms with Crippen LogP contribution in [0.1, 0.15) is 5.56 Å². The number of hydrogen-bond acceptors (Lipinski definition) is 4. The van der Waals surface area contributed by atoms with E-state index >= 15 is 0 Å². The summed E-state index contributed by atoms with van der Waals surface area (Å²) < 4.78 is 4.97. The Kier molecular flexibility index (Phi) is 3.74. The van der Waals surface area contributed by atoms with Crippen LogP contribution in [0.4, 0.5) is 5.82 Å². The van der Waals surface area contributed by atoms with Gasteiger partial charge in [-0.25, -0.2) is 4.98 Å². The molecule has 0 saturated heterocycles. The smallest absolute Gasteiger partial charge is 0.127 e. The van der Waals surface area contributed by atoms with Gasteiger partial charge in [-0.15, -0.1) is 0 Å². The summed E-state index contributed by atoms with van der Waals surface area (Å²) in [5.74, 6) is 0.749. The van der Waals surface area contributed by atoms with E-state index < -0.39 is 0 Å². The van der Waals surface area contributed by atoms with Crippen LogP contribution in [0, 0.1) is 5.41 Å². The number of anilines is 1. The first-order valence-electron chi connectivity index (χ1n) is 5.69. The Morgan fingerprint density at radius 3 is 2.94 bits per heavy atom. The lowest BCUT2D eigenvalue weighted by Gasteiger charge is -2.10. The second-order valence-electron chi connectivity index (χ2n) is 3.91. The van der Waals surface area contributed by atoms with Gasteiger partial charge >= 0.3 is 0 Å². The van der Waals surface area contributed by atoms with Crippen molar-refractivity contribution >= 4 is 22.6 Å². The molecule has 0 fully saturated rings. The molecule has 0 spiro atoms. The lowest BCUT2D eigenvalue weighted by molar-refractivity contribution is 0.210. The van der Waals surface area contributed by atoms with Gasteiger partial charge in [-0.05, 0) is 12.1 Å². The minimum Gasteiger partial charge on any atom is -0.384 e. The zero-order valence-electron chi connectivity index (χ0n) is 10.2. The lowest BCUT2D eigenvalue weighted by atomic mass is 10.1. The summed E-state index contributed by atoms with van der Waals surface area (Å²) in [5, 5.41) is 11.7. The first-order chi connectivity index (χ1) is 8.72. The predicted octanol–water partition coefficient (Wildman–Crippen LogP) is 1.58. The quantitative estimate of drug-likeness (QED) is 0.423. The van der Waals surface area contributed by atoms with Gasteiger partial charge in [-0.2, -0.15) is 0 Å². The normalized spacial score (nSPS) is 10.5. The van der Waals surface area contributed by atoms with Crippen LogP contribution in [0.5, 0.6) is 0 Å². The maximum Gasteiger partial charge on any atom is 0.127 e. The van der Waals surface area contributed by atoms with Crippen LogP contribution >= 0.6 is 0 Å². The molecule has 2 rings (SSSR count). The van der Waals surface area contributed by atoms with E-state index in [4.69, 9.17) is 15.9 Å². The maximum atomic E-state index is 7.62. The average molecular weight is 244 g/mol. The van der Waals surface area contributed by atoms with Gasteiger partial charge in [0.05, 0.1) is 12.1 Å². The van der Waals surface area contributed by atoms with Crippen molar-refractivity contribution in [2.24, 2.45) is 5.73 Å². The number of nitrogens with one attached hydrogen (secondary N) is 2. The number of nitrogens with zero attached hydrogens (tertiary/aromatic N) is 1. The van der Waals surface area contributed by atoms with Crippen molar-refractivity contribution in [2.45, 2.75) is 0 Å². The number of rotatable bonds is 5. The molecule has 2 aromatic rings. The summed E-state index contributed by atoms with van der Waals surface area (Å²) in [4.78, 5) is 4.47. The Morgan fingerprint density at radius 1 is 1.44 bits per heavy atom. The molecule has 18 heavy (non-hydrogen) atoms. The molecular weight excluding hydrogens is 228 g/mol. The van der Waals surface area contributed by atoms with Crippen molar-refractivity contribution < 1.29 is 4.74 Å². The van der Waals surface area contributed by atoms with E-state index in [1.165, 1.54) is 0 Å². The fraction of sp³-hybridized carbons (Fsp3) is 0.231. The molecule has 4 N–H and O–H groups in total. The lowest BCUT2D eigenvalue weighted by Crippen LogP contribution is -2.14. The Balaban J connectivity index is 2.41. The molecule has 5 nitrogen and oxygen atoms in total. The fourth-order valence-electron chi connectivity index (χ4n) is 1.77. The van der Waals surface area contributed by atoms with Gasteiger partial charge < -0.3 is 15.8 Å². The maximum absolute atomic E-state index is 7.62. The second kappa shape index (κ2) is 5.46. The molecule has 1 aromatic heterocycles. The first-order valence-corrected chi connectivity index (χ1v) is 5.69. The highest BCUT2D eigenvalue weighted by Gasteiger charge is 2.07. The number of ether oxygens (including phenoxy) is 1. The Hall–Kier alpha value is -2.14. The first kappa shape index (κ1) is 12.3. The van der Waals surface area contributed by atoms with Gasteiger partial charge in [0.1, 0.15) is 11.7 Å². The van der Waals surface area contributed by atoms with Gasteiger partial charge in [-0.3, -0.25) is 5.41 Å². The second-order valence-corrected chi connectivity index (χ2v) is 3.91. The molecule has 5 heteroatoms. The molecule has 0 atom stereocenters. The van der Waals surface area contributed by atoms with Crippen molar-refractivity contribution in [1.82, 2.24) is 4.98 Å². The zero-order chi connectivity index (χ0) is 13.0. The molecule has 0 aliphatic rings. The highest BCUT2D eigenvalue weighted by atomic mass is 16.5. The van der Waals surface area contributed by atoms with Gasteiger partial charge in [0, 0.05) is 24.6 Å². The molecule has 0 aliphatic carbocycles. The van der Waals surface area contributed by atoms with E-state index in [0.29, 0.717) is 24.5 Å². The Morgan fingerprint density at radius 2 is 2.22 bits per heavy atom. The predicted molar refractivity (Wildman–Crippen MR) is 73.1 cm³/mol. The minimum absolute atomic E-state index is 0.0448. The number of fused-ring (bicyclic) bond motifs is 1. The Bertz CT molecular complexity index is 568. The fourth-order valence-corrected chi connectivity index (χ4v) is 1.77. The third kappa shape index (κ3) is 2.57. The van der Waals surface area contributed by atoms with Crippen molar-refractivity contribution in [3.63, 3.8) is 0 Å². The SMILES string of the molecule is COCCNc1cc(C(=N)N)c2ccccc2n1. The van der Waals surface area contributed by atoms with Crippen molar-refractivity contribution in [3.05, 3.63) is 35.9 Å². The number of nitrogen functional groups attached to an aromatic ring is 1. The number of amidine groups is 1. The zero-order valence-corrected chi connectivity index (χ0v) is 10.2. The van der Waals surface area contributed by atoms with E-state index in [2.05, 4.69) is 10.3 Å². The Labute approximate surface area is 105 Å². The summed E-state index contributed by atoms with van der Waals surface area (Å²) in [6.45, 7) is 1.27. The third-order valence-corrected chi connectivity index (χ3v) is 2.62. The van der Waals surface area contributed by atoms with Crippen LogP contribution in [0.25, 0.3) is 10.9 Å². The molecule has 1 aromatic carbocycles. The summed E-state index contributed by atoms with van der Waals surface area (Å²) in [5.41, 5.74) is 7.13. The number of hydrogen-bond donors (Lipinski definition) is 3. The van der Waals surface area contributed by atoms with Crippen LogP contribution in [0.15, 0.2) is 30.3 Å². The van der Waals surface area contributed by atoms with E-state index in [0.717, 1.165) is 10.9 Å². The van der Waals surface area contributed by atoms with E-state index in [9.17, 15) is 0 Å². The monoisotopic (exact) mass is 244 g/mol. The van der Waals surface area contributed by atoms with Crippen LogP contribution in [-0.4, -0.2) is 31.1 Å². The van der Waals surface area contributed by atoms with Crippen LogP contribution < -0.4 is 11.1 Å². The number of aromatic nitrogens is 1. The third-order valence-electron chi connectivity index (χ3n) is 2.62. The summed E-state index contributed by atoms with van der Waals surface area (Å²) in [6.07, 6.45) is 0.